The van der Waals surface area contributed by atoms with Crippen LogP contribution < -0.4 is 4.90 Å². The van der Waals surface area contributed by atoms with Crippen LogP contribution in [-0.4, -0.2) is 47.2 Å². The van der Waals surface area contributed by atoms with Crippen LogP contribution in [0.3, 0.4) is 0 Å². The van der Waals surface area contributed by atoms with Crippen LogP contribution in [0.5, 0.6) is 0 Å². The molecule has 0 aromatic heterocycles. The largest absolute Gasteiger partial charge is 0.310 e. The molecule has 0 bridgehead atoms. The maximum Gasteiger partial charge on any atom is 0.250 e. The van der Waals surface area contributed by atoms with Gasteiger partial charge in [-0.3, -0.25) is 19.3 Å². The third kappa shape index (κ3) is 3.18. The van der Waals surface area contributed by atoms with Gasteiger partial charge in [-0.15, -0.1) is 0 Å². The Morgan fingerprint density at radius 1 is 1.15 bits per heavy atom. The Hall–Kier alpha value is -1.82. The molecule has 3 unspecified atom stereocenters. The Bertz CT molecular complexity index is 742. The van der Waals surface area contributed by atoms with Gasteiger partial charge in [0, 0.05) is 12.2 Å². The van der Waals surface area contributed by atoms with Gasteiger partial charge in [0.15, 0.2) is 0 Å². The van der Waals surface area contributed by atoms with Gasteiger partial charge in [0.05, 0.1) is 11.8 Å². The molecule has 1 saturated carbocycles. The van der Waals surface area contributed by atoms with Crippen molar-refractivity contribution in [3.63, 3.8) is 0 Å². The second-order valence-corrected chi connectivity index (χ2v) is 8.70. The van der Waals surface area contributed by atoms with Gasteiger partial charge in [-0.25, -0.2) is 0 Å². The minimum atomic E-state index is -0.672. The Morgan fingerprint density at radius 3 is 2.48 bits per heavy atom. The highest BCUT2D eigenvalue weighted by atomic mass is 32.2. The summed E-state index contributed by atoms with van der Waals surface area (Å²) in [7, 11) is 0. The normalized spacial score (nSPS) is 25.5. The van der Waals surface area contributed by atoms with E-state index in [4.69, 9.17) is 0 Å². The SMILES string of the molecule is CSCCC(C(=O)N1CCc2ccccc21)N1C(=O)C2CCCCC2C1=O. The topological polar surface area (TPSA) is 57.7 Å². The fourth-order valence-corrected chi connectivity index (χ4v) is 5.29. The molecule has 1 aromatic carbocycles. The highest BCUT2D eigenvalue weighted by Gasteiger charge is 2.52. The summed E-state index contributed by atoms with van der Waals surface area (Å²) in [4.78, 5) is 42.7. The summed E-state index contributed by atoms with van der Waals surface area (Å²) < 4.78 is 0. The molecule has 144 valence electrons. The van der Waals surface area contributed by atoms with Crippen molar-refractivity contribution in [3.05, 3.63) is 29.8 Å². The van der Waals surface area contributed by atoms with Crippen LogP contribution in [0.2, 0.25) is 0 Å². The van der Waals surface area contributed by atoms with Gasteiger partial charge >= 0.3 is 0 Å². The Morgan fingerprint density at radius 2 is 1.81 bits per heavy atom. The lowest BCUT2D eigenvalue weighted by atomic mass is 9.81. The number of fused-ring (bicyclic) bond motifs is 2. The first kappa shape index (κ1) is 18.5. The van der Waals surface area contributed by atoms with E-state index in [2.05, 4.69) is 0 Å². The molecule has 27 heavy (non-hydrogen) atoms. The first-order chi connectivity index (χ1) is 13.1. The van der Waals surface area contributed by atoms with Crippen molar-refractivity contribution in [1.29, 1.82) is 0 Å². The first-order valence-electron chi connectivity index (χ1n) is 9.88. The predicted octanol–water partition coefficient (Wildman–Crippen LogP) is 2.87. The second kappa shape index (κ2) is 7.66. The monoisotopic (exact) mass is 386 g/mol. The van der Waals surface area contributed by atoms with Gasteiger partial charge in [-0.2, -0.15) is 11.8 Å². The number of para-hydroxylation sites is 1. The molecule has 4 rings (SSSR count). The van der Waals surface area contributed by atoms with E-state index in [-0.39, 0.29) is 29.6 Å². The third-order valence-corrected chi connectivity index (χ3v) is 6.86. The van der Waals surface area contributed by atoms with E-state index < -0.39 is 6.04 Å². The average Bonchev–Trinajstić information content (AvgIpc) is 3.23. The number of thioether (sulfide) groups is 1. The number of carbonyl (C=O) groups excluding carboxylic acids is 3. The Balaban J connectivity index is 1.63. The minimum absolute atomic E-state index is 0.102. The molecule has 0 spiro atoms. The number of benzene rings is 1. The average molecular weight is 387 g/mol. The number of amides is 3. The summed E-state index contributed by atoms with van der Waals surface area (Å²) >= 11 is 1.64. The molecular formula is C21H26N2O3S. The summed E-state index contributed by atoms with van der Waals surface area (Å²) in [6.45, 7) is 0.622. The van der Waals surface area contributed by atoms with E-state index in [0.29, 0.717) is 13.0 Å². The van der Waals surface area contributed by atoms with E-state index in [1.807, 2.05) is 30.5 Å². The van der Waals surface area contributed by atoms with E-state index in [0.717, 1.165) is 49.1 Å². The number of hydrogen-bond acceptors (Lipinski definition) is 4. The van der Waals surface area contributed by atoms with Crippen LogP contribution in [0.15, 0.2) is 24.3 Å². The Labute approximate surface area is 164 Å². The number of hydrogen-bond donors (Lipinski definition) is 0. The van der Waals surface area contributed by atoms with E-state index in [1.165, 1.54) is 4.90 Å². The van der Waals surface area contributed by atoms with Crippen LogP contribution in [0.25, 0.3) is 0 Å². The van der Waals surface area contributed by atoms with Crippen molar-refractivity contribution < 1.29 is 14.4 Å². The molecule has 1 aromatic rings. The zero-order chi connectivity index (χ0) is 19.0. The van der Waals surface area contributed by atoms with Crippen molar-refractivity contribution >= 4 is 35.2 Å². The summed E-state index contributed by atoms with van der Waals surface area (Å²) in [5.74, 6) is 0.00386. The predicted molar refractivity (Wildman–Crippen MR) is 107 cm³/mol. The quantitative estimate of drug-likeness (QED) is 0.730. The molecule has 0 N–H and O–H groups in total. The second-order valence-electron chi connectivity index (χ2n) is 7.71. The summed E-state index contributed by atoms with van der Waals surface area (Å²) in [5, 5.41) is 0. The standard InChI is InChI=1S/C21H26N2O3S/c1-27-13-11-18(21(26)22-12-10-14-6-2-5-9-17(14)22)23-19(24)15-7-3-4-8-16(15)20(23)25/h2,5-6,9,15-16,18H,3-4,7-8,10-13H2,1H3. The number of anilines is 1. The lowest BCUT2D eigenvalue weighted by molar-refractivity contribution is -0.147. The smallest absolute Gasteiger partial charge is 0.250 e. The van der Waals surface area contributed by atoms with Gasteiger partial charge < -0.3 is 4.90 Å². The molecular weight excluding hydrogens is 360 g/mol. The maximum atomic E-state index is 13.5. The molecule has 2 fully saturated rings. The summed E-state index contributed by atoms with van der Waals surface area (Å²) in [6.07, 6.45) is 6.89. The van der Waals surface area contributed by atoms with Crippen LogP contribution in [0, 0.1) is 11.8 Å². The molecule has 1 aliphatic carbocycles. The zero-order valence-electron chi connectivity index (χ0n) is 15.7. The lowest BCUT2D eigenvalue weighted by Gasteiger charge is -2.30. The zero-order valence-corrected chi connectivity index (χ0v) is 16.5. The van der Waals surface area contributed by atoms with Crippen molar-refractivity contribution in [2.45, 2.75) is 44.6 Å². The minimum Gasteiger partial charge on any atom is -0.310 e. The third-order valence-electron chi connectivity index (χ3n) is 6.22. The number of rotatable bonds is 5. The number of carbonyl (C=O) groups is 3. The van der Waals surface area contributed by atoms with E-state index in [1.54, 1.807) is 16.7 Å². The van der Waals surface area contributed by atoms with E-state index in [9.17, 15) is 14.4 Å². The lowest BCUT2D eigenvalue weighted by Crippen LogP contribution is -2.51. The van der Waals surface area contributed by atoms with Crippen molar-refractivity contribution in [1.82, 2.24) is 4.90 Å². The van der Waals surface area contributed by atoms with Gasteiger partial charge in [0.25, 0.3) is 0 Å². The van der Waals surface area contributed by atoms with Crippen LogP contribution >= 0.6 is 11.8 Å². The molecule has 2 heterocycles. The molecule has 3 atom stereocenters. The number of nitrogens with zero attached hydrogens (tertiary/aromatic N) is 2. The molecule has 3 amide bonds. The number of likely N-dealkylation sites (tertiary alicyclic amines) is 1. The fourth-order valence-electron chi connectivity index (χ4n) is 4.83. The molecule has 2 aliphatic heterocycles. The van der Waals surface area contributed by atoms with Gasteiger partial charge in [0.2, 0.25) is 17.7 Å². The molecule has 6 heteroatoms. The Kier molecular flexibility index (Phi) is 5.26. The maximum absolute atomic E-state index is 13.5. The fraction of sp³-hybridized carbons (Fsp3) is 0.571. The summed E-state index contributed by atoms with van der Waals surface area (Å²) in [6, 6.07) is 7.24. The van der Waals surface area contributed by atoms with Gasteiger partial charge in [-0.1, -0.05) is 31.0 Å². The molecule has 3 aliphatic rings. The molecule has 0 radical (unpaired) electrons. The highest BCUT2D eigenvalue weighted by Crippen LogP contribution is 2.40. The van der Waals surface area contributed by atoms with Crippen molar-refractivity contribution in [2.24, 2.45) is 11.8 Å². The summed E-state index contributed by atoms with van der Waals surface area (Å²) in [5.41, 5.74) is 2.08. The van der Waals surface area contributed by atoms with Gasteiger partial charge in [-0.05, 0) is 49.3 Å². The van der Waals surface area contributed by atoms with Crippen LogP contribution in [-0.2, 0) is 20.8 Å². The van der Waals surface area contributed by atoms with Crippen molar-refractivity contribution in [3.8, 4) is 0 Å². The molecule has 1 saturated heterocycles. The van der Waals surface area contributed by atoms with E-state index >= 15 is 0 Å². The van der Waals surface area contributed by atoms with Crippen LogP contribution in [0.1, 0.15) is 37.7 Å². The first-order valence-corrected chi connectivity index (χ1v) is 11.3. The van der Waals surface area contributed by atoms with Crippen molar-refractivity contribution in [2.75, 3.05) is 23.5 Å². The molecule has 5 nitrogen and oxygen atoms in total. The number of imide groups is 1. The highest BCUT2D eigenvalue weighted by molar-refractivity contribution is 7.98. The van der Waals surface area contributed by atoms with Gasteiger partial charge in [0.1, 0.15) is 6.04 Å². The van der Waals surface area contributed by atoms with Crippen LogP contribution in [0.4, 0.5) is 5.69 Å².